The number of rotatable bonds is 4. The smallest absolute Gasteiger partial charge is 0.322 e. The molecule has 3 aromatic rings. The Morgan fingerprint density at radius 2 is 2.00 bits per heavy atom. The van der Waals surface area contributed by atoms with E-state index in [4.69, 9.17) is 14.5 Å². The molecule has 2 heterocycles. The highest BCUT2D eigenvalue weighted by molar-refractivity contribution is 7.15. The third-order valence-electron chi connectivity index (χ3n) is 4.68. The summed E-state index contributed by atoms with van der Waals surface area (Å²) in [5.74, 6) is 1.45. The molecule has 6 nitrogen and oxygen atoms in total. The summed E-state index contributed by atoms with van der Waals surface area (Å²) < 4.78 is 10.6. The molecule has 7 heteroatoms. The first-order valence-corrected chi connectivity index (χ1v) is 9.81. The molecule has 1 aliphatic heterocycles. The van der Waals surface area contributed by atoms with E-state index < -0.39 is 0 Å². The summed E-state index contributed by atoms with van der Waals surface area (Å²) in [5.41, 5.74) is 2.77. The van der Waals surface area contributed by atoms with E-state index in [2.05, 4.69) is 5.32 Å². The lowest BCUT2D eigenvalue weighted by molar-refractivity contribution is 0.206. The maximum absolute atomic E-state index is 12.7. The van der Waals surface area contributed by atoms with Crippen molar-refractivity contribution in [3.63, 3.8) is 0 Å². The van der Waals surface area contributed by atoms with E-state index in [9.17, 15) is 4.79 Å². The molecule has 0 aliphatic carbocycles. The molecule has 4 rings (SSSR count). The minimum absolute atomic E-state index is 0.133. The Balaban J connectivity index is 1.50. The van der Waals surface area contributed by atoms with Crippen LogP contribution in [0, 0.1) is 0 Å². The molecule has 0 bridgehead atoms. The van der Waals surface area contributed by atoms with Crippen LogP contribution in [0.15, 0.2) is 48.5 Å². The van der Waals surface area contributed by atoms with Crippen LogP contribution in [0.1, 0.15) is 10.6 Å². The molecule has 2 amide bonds. The third-order valence-corrected chi connectivity index (χ3v) is 5.82. The summed E-state index contributed by atoms with van der Waals surface area (Å²) in [6, 6.07) is 15.2. The summed E-state index contributed by atoms with van der Waals surface area (Å²) in [6.07, 6.45) is 0.745. The van der Waals surface area contributed by atoms with Crippen molar-refractivity contribution >= 4 is 23.1 Å². The highest BCUT2D eigenvalue weighted by Gasteiger charge is 2.25. The predicted molar refractivity (Wildman–Crippen MR) is 110 cm³/mol. The average Bonchev–Trinajstić information content (AvgIpc) is 3.17. The van der Waals surface area contributed by atoms with Crippen molar-refractivity contribution < 1.29 is 14.3 Å². The average molecular weight is 395 g/mol. The highest BCUT2D eigenvalue weighted by Crippen LogP contribution is 2.33. The molecule has 28 heavy (non-hydrogen) atoms. The van der Waals surface area contributed by atoms with Crippen molar-refractivity contribution in [1.29, 1.82) is 0 Å². The molecular formula is C21H21N3O3S. The van der Waals surface area contributed by atoms with Crippen molar-refractivity contribution in [1.82, 2.24) is 9.88 Å². The van der Waals surface area contributed by atoms with E-state index in [1.165, 1.54) is 0 Å². The van der Waals surface area contributed by atoms with Gasteiger partial charge in [-0.2, -0.15) is 0 Å². The number of methoxy groups -OCH3 is 2. The topological polar surface area (TPSA) is 63.7 Å². The molecule has 1 aliphatic rings. The molecule has 0 saturated carbocycles. The lowest BCUT2D eigenvalue weighted by Gasteiger charge is -2.26. The molecule has 0 saturated heterocycles. The summed E-state index contributed by atoms with van der Waals surface area (Å²) in [7, 11) is 3.25. The number of ether oxygens (including phenoxy) is 2. The molecule has 1 N–H and O–H groups in total. The number of para-hydroxylation sites is 2. The zero-order valence-electron chi connectivity index (χ0n) is 15.8. The summed E-state index contributed by atoms with van der Waals surface area (Å²) >= 11 is 1.63. The zero-order valence-corrected chi connectivity index (χ0v) is 16.6. The Morgan fingerprint density at radius 1 is 1.14 bits per heavy atom. The molecule has 0 radical (unpaired) electrons. The van der Waals surface area contributed by atoms with Crippen LogP contribution in [0.25, 0.3) is 10.6 Å². The minimum Gasteiger partial charge on any atom is -0.497 e. The monoisotopic (exact) mass is 395 g/mol. The number of hydrogen-bond donors (Lipinski definition) is 1. The Morgan fingerprint density at radius 3 is 2.82 bits per heavy atom. The maximum Gasteiger partial charge on any atom is 0.322 e. The summed E-state index contributed by atoms with van der Waals surface area (Å²) in [5, 5.41) is 3.90. The fourth-order valence-corrected chi connectivity index (χ4v) is 4.31. The van der Waals surface area contributed by atoms with Crippen LogP contribution in [0.5, 0.6) is 11.5 Å². The molecule has 1 aromatic heterocycles. The van der Waals surface area contributed by atoms with Crippen LogP contribution < -0.4 is 14.8 Å². The number of amides is 2. The number of carbonyl (C=O) groups excluding carboxylic acids is 1. The number of aromatic nitrogens is 1. The minimum atomic E-state index is -0.133. The number of hydrogen-bond acceptors (Lipinski definition) is 5. The van der Waals surface area contributed by atoms with Crippen molar-refractivity contribution in [2.75, 3.05) is 26.1 Å². The van der Waals surface area contributed by atoms with Gasteiger partial charge in [-0.05, 0) is 24.3 Å². The zero-order chi connectivity index (χ0) is 19.5. The number of nitrogens with zero attached hydrogens (tertiary/aromatic N) is 2. The molecule has 0 fully saturated rings. The molecule has 0 unspecified atom stereocenters. The first-order valence-electron chi connectivity index (χ1n) is 9.00. The lowest BCUT2D eigenvalue weighted by Crippen LogP contribution is -2.38. The van der Waals surface area contributed by atoms with Gasteiger partial charge in [0.15, 0.2) is 0 Å². The van der Waals surface area contributed by atoms with Gasteiger partial charge in [0, 0.05) is 23.4 Å². The fourth-order valence-electron chi connectivity index (χ4n) is 3.19. The van der Waals surface area contributed by atoms with Crippen molar-refractivity contribution in [2.24, 2.45) is 0 Å². The number of thiazole rings is 1. The lowest BCUT2D eigenvalue weighted by atomic mass is 10.2. The number of urea groups is 1. The Hall–Kier alpha value is -3.06. The van der Waals surface area contributed by atoms with Gasteiger partial charge in [0.25, 0.3) is 0 Å². The second-order valence-electron chi connectivity index (χ2n) is 6.42. The number of benzene rings is 2. The van der Waals surface area contributed by atoms with Crippen LogP contribution in [-0.2, 0) is 13.0 Å². The highest BCUT2D eigenvalue weighted by atomic mass is 32.1. The number of anilines is 1. The van der Waals surface area contributed by atoms with Gasteiger partial charge in [0.2, 0.25) is 0 Å². The molecular weight excluding hydrogens is 374 g/mol. The van der Waals surface area contributed by atoms with Crippen LogP contribution in [0.2, 0.25) is 0 Å². The van der Waals surface area contributed by atoms with Crippen LogP contribution in [-0.4, -0.2) is 36.7 Å². The fraction of sp³-hybridized carbons (Fsp3) is 0.238. The van der Waals surface area contributed by atoms with E-state index in [0.717, 1.165) is 33.3 Å². The van der Waals surface area contributed by atoms with E-state index in [1.54, 1.807) is 25.6 Å². The second-order valence-corrected chi connectivity index (χ2v) is 7.51. The van der Waals surface area contributed by atoms with Crippen molar-refractivity contribution in [3.05, 3.63) is 59.1 Å². The van der Waals surface area contributed by atoms with E-state index in [0.29, 0.717) is 24.5 Å². The first-order chi connectivity index (χ1) is 13.7. The van der Waals surface area contributed by atoms with E-state index in [-0.39, 0.29) is 6.03 Å². The van der Waals surface area contributed by atoms with Gasteiger partial charge < -0.3 is 19.7 Å². The van der Waals surface area contributed by atoms with Crippen LogP contribution in [0.3, 0.4) is 0 Å². The maximum atomic E-state index is 12.7. The first kappa shape index (κ1) is 18.3. The Kier molecular flexibility index (Phi) is 5.16. The van der Waals surface area contributed by atoms with Gasteiger partial charge in [0.1, 0.15) is 16.5 Å². The van der Waals surface area contributed by atoms with Gasteiger partial charge in [-0.25, -0.2) is 9.78 Å². The molecule has 0 atom stereocenters. The summed E-state index contributed by atoms with van der Waals surface area (Å²) in [4.78, 5) is 20.5. The Labute approximate surface area is 167 Å². The third kappa shape index (κ3) is 3.66. The standard InChI is InChI=1S/C21H21N3O3S/c1-26-15-7-5-6-14(12-15)20-22-17-10-11-24(13-19(17)28-20)21(25)23-16-8-3-4-9-18(16)27-2/h3-9,12H,10-11,13H2,1-2H3,(H,23,25). The summed E-state index contributed by atoms with van der Waals surface area (Å²) in [6.45, 7) is 1.19. The molecule has 144 valence electrons. The Bertz CT molecular complexity index is 1000. The normalized spacial score (nSPS) is 13.0. The van der Waals surface area contributed by atoms with Crippen molar-refractivity contribution in [3.8, 4) is 22.1 Å². The SMILES string of the molecule is COc1cccc(-c2nc3c(s2)CN(C(=O)Nc2ccccc2OC)CC3)c1. The van der Waals surface area contributed by atoms with Gasteiger partial charge >= 0.3 is 6.03 Å². The van der Waals surface area contributed by atoms with Gasteiger partial charge in [-0.15, -0.1) is 11.3 Å². The molecule has 0 spiro atoms. The largest absolute Gasteiger partial charge is 0.497 e. The van der Waals surface area contributed by atoms with Crippen LogP contribution >= 0.6 is 11.3 Å². The van der Waals surface area contributed by atoms with Crippen molar-refractivity contribution in [2.45, 2.75) is 13.0 Å². The van der Waals surface area contributed by atoms with Gasteiger partial charge in [-0.3, -0.25) is 0 Å². The van der Waals surface area contributed by atoms with Gasteiger partial charge in [-0.1, -0.05) is 24.3 Å². The number of carbonyl (C=O) groups is 1. The van der Waals surface area contributed by atoms with Crippen LogP contribution in [0.4, 0.5) is 10.5 Å². The number of fused-ring (bicyclic) bond motifs is 1. The predicted octanol–water partition coefficient (Wildman–Crippen LogP) is 4.42. The van der Waals surface area contributed by atoms with Gasteiger partial charge in [0.05, 0.1) is 32.1 Å². The van der Waals surface area contributed by atoms with E-state index >= 15 is 0 Å². The van der Waals surface area contributed by atoms with E-state index in [1.807, 2.05) is 53.4 Å². The number of nitrogens with one attached hydrogen (secondary N) is 1. The molecule has 2 aromatic carbocycles. The quantitative estimate of drug-likeness (QED) is 0.710. The second kappa shape index (κ2) is 7.90.